The lowest BCUT2D eigenvalue weighted by atomic mass is 9.95. The summed E-state index contributed by atoms with van der Waals surface area (Å²) in [5.41, 5.74) is 2.59. The first-order chi connectivity index (χ1) is 11.6. The predicted octanol–water partition coefficient (Wildman–Crippen LogP) is 2.85. The Morgan fingerprint density at radius 2 is 2.00 bits per heavy atom. The van der Waals surface area contributed by atoms with E-state index in [0.29, 0.717) is 36.6 Å². The Balaban J connectivity index is 1.52. The van der Waals surface area contributed by atoms with Gasteiger partial charge in [0.05, 0.1) is 18.9 Å². The summed E-state index contributed by atoms with van der Waals surface area (Å²) in [4.78, 5) is 16.8. The van der Waals surface area contributed by atoms with Crippen LogP contribution in [-0.2, 0) is 9.53 Å². The molecule has 5 nitrogen and oxygen atoms in total. The molecule has 0 aromatic carbocycles. The fraction of sp³-hybridized carbons (Fsp3) is 0.684. The van der Waals surface area contributed by atoms with Gasteiger partial charge in [-0.3, -0.25) is 15.1 Å². The number of amidine groups is 1. The number of carbonyl (C=O) groups is 1. The summed E-state index contributed by atoms with van der Waals surface area (Å²) in [6.45, 7) is 6.05. The van der Waals surface area contributed by atoms with E-state index in [1.165, 1.54) is 25.7 Å². The number of hydrogen-bond acceptors (Lipinski definition) is 3. The van der Waals surface area contributed by atoms with E-state index in [4.69, 9.17) is 10.1 Å². The van der Waals surface area contributed by atoms with Crippen LogP contribution < -0.4 is 0 Å². The molecule has 1 amide bonds. The van der Waals surface area contributed by atoms with Gasteiger partial charge < -0.3 is 9.64 Å². The van der Waals surface area contributed by atoms with E-state index in [2.05, 4.69) is 6.58 Å². The van der Waals surface area contributed by atoms with Crippen molar-refractivity contribution in [1.29, 1.82) is 5.41 Å². The number of amides is 1. The third-order valence-corrected chi connectivity index (χ3v) is 6.39. The minimum atomic E-state index is -0.0255. The maximum atomic E-state index is 13.0. The standard InChI is InChI=1S/C19H25N3O2/c1-12-17(23)21(10-13-2-3-13)16-11-24-9-6-15(16)22(12)18(20)19(7-8-19)14-4-5-14/h13-14,20H,1-11H2. The molecule has 5 heteroatoms. The first-order valence-corrected chi connectivity index (χ1v) is 9.31. The van der Waals surface area contributed by atoms with E-state index in [-0.39, 0.29) is 11.3 Å². The van der Waals surface area contributed by atoms with Gasteiger partial charge in [0.1, 0.15) is 11.5 Å². The number of carbonyl (C=O) groups excluding carboxylic acids is 1. The van der Waals surface area contributed by atoms with Gasteiger partial charge in [0.15, 0.2) is 0 Å². The van der Waals surface area contributed by atoms with Crippen molar-refractivity contribution in [2.75, 3.05) is 19.8 Å². The summed E-state index contributed by atoms with van der Waals surface area (Å²) in [6.07, 6.45) is 7.86. The lowest BCUT2D eigenvalue weighted by Crippen LogP contribution is -2.51. The fourth-order valence-electron chi connectivity index (χ4n) is 4.43. The molecular formula is C19H25N3O2. The van der Waals surface area contributed by atoms with Crippen LogP contribution in [-0.4, -0.2) is 41.3 Å². The Kier molecular flexibility index (Phi) is 3.03. The zero-order valence-electron chi connectivity index (χ0n) is 14.1. The molecule has 0 radical (unpaired) electrons. The van der Waals surface area contributed by atoms with Crippen LogP contribution in [0.1, 0.15) is 44.9 Å². The second-order valence-electron chi connectivity index (χ2n) is 8.12. The normalized spacial score (nSPS) is 29.0. The topological polar surface area (TPSA) is 56.6 Å². The van der Waals surface area contributed by atoms with Crippen LogP contribution in [0.15, 0.2) is 23.7 Å². The van der Waals surface area contributed by atoms with Gasteiger partial charge in [-0.25, -0.2) is 0 Å². The van der Waals surface area contributed by atoms with Crippen LogP contribution in [0.5, 0.6) is 0 Å². The van der Waals surface area contributed by atoms with Gasteiger partial charge in [-0.15, -0.1) is 0 Å². The monoisotopic (exact) mass is 327 g/mol. The van der Waals surface area contributed by atoms with Crippen molar-refractivity contribution in [1.82, 2.24) is 9.80 Å². The molecule has 0 spiro atoms. The van der Waals surface area contributed by atoms with E-state index in [0.717, 1.165) is 37.2 Å². The van der Waals surface area contributed by atoms with Crippen LogP contribution in [0.4, 0.5) is 0 Å². The van der Waals surface area contributed by atoms with Crippen LogP contribution in [0.3, 0.4) is 0 Å². The Labute approximate surface area is 142 Å². The summed E-state index contributed by atoms with van der Waals surface area (Å²) in [5.74, 6) is 1.89. The first kappa shape index (κ1) is 14.7. The van der Waals surface area contributed by atoms with Crippen LogP contribution in [0, 0.1) is 22.7 Å². The molecule has 0 saturated heterocycles. The van der Waals surface area contributed by atoms with Crippen molar-refractivity contribution in [3.63, 3.8) is 0 Å². The molecule has 5 rings (SSSR count). The molecule has 128 valence electrons. The molecule has 2 aliphatic heterocycles. The highest BCUT2D eigenvalue weighted by Gasteiger charge is 2.59. The average molecular weight is 327 g/mol. The van der Waals surface area contributed by atoms with Crippen molar-refractivity contribution < 1.29 is 9.53 Å². The molecule has 5 aliphatic rings. The molecule has 3 saturated carbocycles. The van der Waals surface area contributed by atoms with E-state index in [1.54, 1.807) is 0 Å². The Hall–Kier alpha value is -1.62. The van der Waals surface area contributed by atoms with Gasteiger partial charge in [-0.05, 0) is 50.4 Å². The maximum absolute atomic E-state index is 13.0. The van der Waals surface area contributed by atoms with E-state index in [1.807, 2.05) is 9.80 Å². The highest BCUT2D eigenvalue weighted by atomic mass is 16.5. The zero-order valence-corrected chi connectivity index (χ0v) is 14.1. The van der Waals surface area contributed by atoms with E-state index >= 15 is 0 Å². The number of nitrogens with one attached hydrogen (secondary N) is 1. The molecule has 24 heavy (non-hydrogen) atoms. The average Bonchev–Trinajstić information content (AvgIpc) is 3.45. The second-order valence-corrected chi connectivity index (χ2v) is 8.12. The summed E-state index contributed by atoms with van der Waals surface area (Å²) >= 11 is 0. The Morgan fingerprint density at radius 1 is 1.25 bits per heavy atom. The predicted molar refractivity (Wildman–Crippen MR) is 90.0 cm³/mol. The van der Waals surface area contributed by atoms with Crippen LogP contribution >= 0.6 is 0 Å². The Morgan fingerprint density at radius 3 is 2.62 bits per heavy atom. The summed E-state index contributed by atoms with van der Waals surface area (Å²) in [6, 6.07) is 0. The quantitative estimate of drug-likeness (QED) is 0.491. The van der Waals surface area contributed by atoms with Crippen molar-refractivity contribution in [2.45, 2.75) is 44.9 Å². The molecule has 3 fully saturated rings. The minimum Gasteiger partial charge on any atom is -0.375 e. The Bertz CT molecular complexity index is 668. The number of hydrogen-bond donors (Lipinski definition) is 1. The number of rotatable bonds is 4. The van der Waals surface area contributed by atoms with Gasteiger partial charge in [0.2, 0.25) is 0 Å². The molecule has 3 aliphatic carbocycles. The highest BCUT2D eigenvalue weighted by molar-refractivity contribution is 6.03. The van der Waals surface area contributed by atoms with E-state index < -0.39 is 0 Å². The smallest absolute Gasteiger partial charge is 0.274 e. The minimum absolute atomic E-state index is 0.0255. The summed E-state index contributed by atoms with van der Waals surface area (Å²) < 4.78 is 5.67. The van der Waals surface area contributed by atoms with Crippen LogP contribution in [0.2, 0.25) is 0 Å². The van der Waals surface area contributed by atoms with Crippen molar-refractivity contribution in [3.8, 4) is 0 Å². The molecule has 0 aromatic rings. The molecule has 2 heterocycles. The number of nitrogens with zero attached hydrogens (tertiary/aromatic N) is 2. The zero-order chi connectivity index (χ0) is 16.5. The van der Waals surface area contributed by atoms with Gasteiger partial charge in [-0.2, -0.15) is 0 Å². The fourth-order valence-corrected chi connectivity index (χ4v) is 4.43. The van der Waals surface area contributed by atoms with E-state index in [9.17, 15) is 4.79 Å². The maximum Gasteiger partial charge on any atom is 0.274 e. The first-order valence-electron chi connectivity index (χ1n) is 9.31. The highest BCUT2D eigenvalue weighted by Crippen LogP contribution is 2.63. The third kappa shape index (κ3) is 2.10. The SMILES string of the molecule is C=C1C(=O)N(CC2CC2)C2=C(CCOC2)N1C(=N)C1(C2CC2)CC1. The second kappa shape index (κ2) is 4.94. The van der Waals surface area contributed by atoms with Gasteiger partial charge in [0, 0.05) is 24.1 Å². The van der Waals surface area contributed by atoms with Gasteiger partial charge in [-0.1, -0.05) is 6.58 Å². The summed E-state index contributed by atoms with van der Waals surface area (Å²) in [5, 5.41) is 8.90. The molecule has 0 bridgehead atoms. The lowest BCUT2D eigenvalue weighted by Gasteiger charge is -2.43. The lowest BCUT2D eigenvalue weighted by molar-refractivity contribution is -0.128. The van der Waals surface area contributed by atoms with Crippen molar-refractivity contribution >= 4 is 11.7 Å². The number of ether oxygens (including phenoxy) is 1. The summed E-state index contributed by atoms with van der Waals surface area (Å²) in [7, 11) is 0. The molecule has 0 aromatic heterocycles. The largest absolute Gasteiger partial charge is 0.375 e. The molecule has 0 atom stereocenters. The molecular weight excluding hydrogens is 302 g/mol. The van der Waals surface area contributed by atoms with Gasteiger partial charge in [0.25, 0.3) is 5.91 Å². The third-order valence-electron chi connectivity index (χ3n) is 6.39. The van der Waals surface area contributed by atoms with Crippen molar-refractivity contribution in [2.24, 2.45) is 17.3 Å². The van der Waals surface area contributed by atoms with Crippen LogP contribution in [0.25, 0.3) is 0 Å². The molecule has 0 unspecified atom stereocenters. The van der Waals surface area contributed by atoms with Crippen molar-refractivity contribution in [3.05, 3.63) is 23.7 Å². The van der Waals surface area contributed by atoms with Gasteiger partial charge >= 0.3 is 0 Å². The molecule has 1 N–H and O–H groups in total.